The Labute approximate surface area is 161 Å². The molecular weight excluding hydrogens is 368 g/mol. The summed E-state index contributed by atoms with van der Waals surface area (Å²) in [6.45, 7) is 7.82. The van der Waals surface area contributed by atoms with Gasteiger partial charge in [0.1, 0.15) is 0 Å². The van der Waals surface area contributed by atoms with Crippen molar-refractivity contribution in [3.05, 3.63) is 58.6 Å². The van der Waals surface area contributed by atoms with Crippen molar-refractivity contribution in [2.75, 3.05) is 43.4 Å². The predicted octanol–water partition coefficient (Wildman–Crippen LogP) is 3.55. The van der Waals surface area contributed by atoms with Gasteiger partial charge in [-0.25, -0.2) is 8.42 Å². The summed E-state index contributed by atoms with van der Waals surface area (Å²) < 4.78 is 25.4. The molecule has 2 aromatic carbocycles. The third-order valence-electron chi connectivity index (χ3n) is 4.90. The van der Waals surface area contributed by atoms with Crippen LogP contribution in [0.25, 0.3) is 0 Å². The third kappa shape index (κ3) is 4.58. The maximum Gasteiger partial charge on any atom is 0.179 e. The standard InChI is InChI=1S/C20H25ClN2O2S/c1-16-6-7-17(2)20(14-16)26(24,25)13-12-22-8-10-23(11-9-22)19-5-3-4-18(21)15-19/h3-7,14-15H,8-13H2,1-2H3. The minimum absolute atomic E-state index is 0.161. The zero-order chi connectivity index (χ0) is 18.7. The summed E-state index contributed by atoms with van der Waals surface area (Å²) in [5.41, 5.74) is 2.92. The normalized spacial score (nSPS) is 16.0. The Hall–Kier alpha value is -1.56. The van der Waals surface area contributed by atoms with Gasteiger partial charge < -0.3 is 4.90 Å². The Kier molecular flexibility index (Phi) is 5.90. The number of hydrogen-bond acceptors (Lipinski definition) is 4. The average molecular weight is 393 g/mol. The lowest BCUT2D eigenvalue weighted by Gasteiger charge is -2.36. The first-order chi connectivity index (χ1) is 12.3. The molecule has 0 bridgehead atoms. The first-order valence-corrected chi connectivity index (χ1v) is 10.9. The largest absolute Gasteiger partial charge is 0.369 e. The first kappa shape index (κ1) is 19.2. The van der Waals surface area contributed by atoms with E-state index in [1.807, 2.05) is 44.2 Å². The van der Waals surface area contributed by atoms with Crippen LogP contribution in [0.5, 0.6) is 0 Å². The fourth-order valence-corrected chi connectivity index (χ4v) is 5.13. The van der Waals surface area contributed by atoms with Crippen LogP contribution < -0.4 is 4.90 Å². The van der Waals surface area contributed by atoms with Crippen LogP contribution in [0.1, 0.15) is 11.1 Å². The van der Waals surface area contributed by atoms with Crippen molar-refractivity contribution in [2.45, 2.75) is 18.7 Å². The van der Waals surface area contributed by atoms with Gasteiger partial charge in [0.25, 0.3) is 0 Å². The molecule has 0 aliphatic carbocycles. The van der Waals surface area contributed by atoms with Gasteiger partial charge in [-0.15, -0.1) is 0 Å². The van der Waals surface area contributed by atoms with Crippen LogP contribution in [-0.4, -0.2) is 51.8 Å². The fraction of sp³-hybridized carbons (Fsp3) is 0.400. The molecule has 0 radical (unpaired) electrons. The van der Waals surface area contributed by atoms with Gasteiger partial charge in [-0.2, -0.15) is 0 Å². The molecule has 1 aliphatic heterocycles. The first-order valence-electron chi connectivity index (χ1n) is 8.88. The van der Waals surface area contributed by atoms with Gasteiger partial charge in [0.05, 0.1) is 10.6 Å². The van der Waals surface area contributed by atoms with E-state index in [4.69, 9.17) is 11.6 Å². The summed E-state index contributed by atoms with van der Waals surface area (Å²) in [6, 6.07) is 13.5. The topological polar surface area (TPSA) is 40.6 Å². The van der Waals surface area contributed by atoms with E-state index < -0.39 is 9.84 Å². The minimum atomic E-state index is -3.26. The van der Waals surface area contributed by atoms with Crippen molar-refractivity contribution in [2.24, 2.45) is 0 Å². The van der Waals surface area contributed by atoms with Gasteiger partial charge >= 0.3 is 0 Å². The molecule has 1 fully saturated rings. The number of nitrogens with zero attached hydrogens (tertiary/aromatic N) is 2. The van der Waals surface area contributed by atoms with Crippen LogP contribution in [0, 0.1) is 13.8 Å². The van der Waals surface area contributed by atoms with E-state index in [2.05, 4.69) is 15.9 Å². The highest BCUT2D eigenvalue weighted by Crippen LogP contribution is 2.21. The summed E-state index contributed by atoms with van der Waals surface area (Å²) >= 11 is 6.07. The van der Waals surface area contributed by atoms with Crippen molar-refractivity contribution in [3.63, 3.8) is 0 Å². The zero-order valence-corrected chi connectivity index (χ0v) is 16.9. The number of rotatable bonds is 5. The van der Waals surface area contributed by atoms with Crippen LogP contribution >= 0.6 is 11.6 Å². The number of aryl methyl sites for hydroxylation is 2. The van der Waals surface area contributed by atoms with Gasteiger partial charge in [0, 0.05) is 43.4 Å². The lowest BCUT2D eigenvalue weighted by Crippen LogP contribution is -2.47. The van der Waals surface area contributed by atoms with Crippen molar-refractivity contribution in [1.82, 2.24) is 4.90 Å². The maximum atomic E-state index is 12.7. The number of halogens is 1. The highest BCUT2D eigenvalue weighted by atomic mass is 35.5. The molecule has 140 valence electrons. The van der Waals surface area contributed by atoms with E-state index in [0.29, 0.717) is 11.4 Å². The molecule has 6 heteroatoms. The van der Waals surface area contributed by atoms with Gasteiger partial charge in [-0.05, 0) is 49.2 Å². The molecule has 0 N–H and O–H groups in total. The zero-order valence-electron chi connectivity index (χ0n) is 15.3. The quantitative estimate of drug-likeness (QED) is 0.780. The van der Waals surface area contributed by atoms with Gasteiger partial charge in [-0.3, -0.25) is 4.90 Å². The highest BCUT2D eigenvalue weighted by Gasteiger charge is 2.22. The summed E-state index contributed by atoms with van der Waals surface area (Å²) in [4.78, 5) is 4.99. The van der Waals surface area contributed by atoms with Gasteiger partial charge in [-0.1, -0.05) is 29.8 Å². The Morgan fingerprint density at radius 3 is 2.42 bits per heavy atom. The van der Waals surface area contributed by atoms with Crippen LogP contribution in [0.4, 0.5) is 5.69 Å². The smallest absolute Gasteiger partial charge is 0.179 e. The molecule has 0 amide bonds. The van der Waals surface area contributed by atoms with Crippen LogP contribution in [0.3, 0.4) is 0 Å². The number of benzene rings is 2. The molecule has 26 heavy (non-hydrogen) atoms. The molecule has 1 aliphatic rings. The summed E-state index contributed by atoms with van der Waals surface area (Å²) in [5, 5.41) is 0.740. The second kappa shape index (κ2) is 7.99. The minimum Gasteiger partial charge on any atom is -0.369 e. The maximum absolute atomic E-state index is 12.7. The van der Waals surface area contributed by atoms with Crippen LogP contribution in [0.2, 0.25) is 5.02 Å². The average Bonchev–Trinajstić information content (AvgIpc) is 2.62. The third-order valence-corrected chi connectivity index (χ3v) is 6.97. The molecule has 1 saturated heterocycles. The van der Waals surface area contributed by atoms with E-state index in [1.54, 1.807) is 6.07 Å². The second-order valence-electron chi connectivity index (χ2n) is 6.90. The Morgan fingerprint density at radius 1 is 1.00 bits per heavy atom. The van der Waals surface area contributed by atoms with Crippen molar-refractivity contribution >= 4 is 27.1 Å². The second-order valence-corrected chi connectivity index (χ2v) is 9.41. The summed E-state index contributed by atoms with van der Waals surface area (Å²) in [6.07, 6.45) is 0. The molecule has 4 nitrogen and oxygen atoms in total. The number of sulfone groups is 1. The van der Waals surface area contributed by atoms with Crippen LogP contribution in [-0.2, 0) is 9.84 Å². The monoisotopic (exact) mass is 392 g/mol. The molecular formula is C20H25ClN2O2S. The number of anilines is 1. The molecule has 0 saturated carbocycles. The molecule has 0 unspecified atom stereocenters. The van der Waals surface area contributed by atoms with Crippen LogP contribution in [0.15, 0.2) is 47.4 Å². The predicted molar refractivity (Wildman–Crippen MR) is 108 cm³/mol. The lowest BCUT2D eigenvalue weighted by atomic mass is 10.2. The summed E-state index contributed by atoms with van der Waals surface area (Å²) in [7, 11) is -3.26. The van der Waals surface area contributed by atoms with E-state index in [0.717, 1.165) is 48.0 Å². The van der Waals surface area contributed by atoms with Crippen molar-refractivity contribution < 1.29 is 8.42 Å². The van der Waals surface area contributed by atoms with E-state index in [9.17, 15) is 8.42 Å². The lowest BCUT2D eigenvalue weighted by molar-refractivity contribution is 0.272. The number of piperazine rings is 1. The van der Waals surface area contributed by atoms with Crippen molar-refractivity contribution in [3.8, 4) is 0 Å². The van der Waals surface area contributed by atoms with Gasteiger partial charge in [0.2, 0.25) is 0 Å². The SMILES string of the molecule is Cc1ccc(C)c(S(=O)(=O)CCN2CCN(c3cccc(Cl)c3)CC2)c1. The Bertz CT molecular complexity index is 875. The highest BCUT2D eigenvalue weighted by molar-refractivity contribution is 7.91. The molecule has 1 heterocycles. The summed E-state index contributed by atoms with van der Waals surface area (Å²) in [5.74, 6) is 0.161. The number of hydrogen-bond donors (Lipinski definition) is 0. The molecule has 0 aromatic heterocycles. The molecule has 0 spiro atoms. The van der Waals surface area contributed by atoms with E-state index in [-0.39, 0.29) is 5.75 Å². The van der Waals surface area contributed by atoms with Crippen molar-refractivity contribution in [1.29, 1.82) is 0 Å². The van der Waals surface area contributed by atoms with Gasteiger partial charge in [0.15, 0.2) is 9.84 Å². The fourth-order valence-electron chi connectivity index (χ4n) is 3.30. The van der Waals surface area contributed by atoms with E-state index >= 15 is 0 Å². The van der Waals surface area contributed by atoms with E-state index in [1.165, 1.54) is 0 Å². The molecule has 2 aromatic rings. The molecule has 3 rings (SSSR count). The Balaban J connectivity index is 1.57. The Morgan fingerprint density at radius 2 is 1.73 bits per heavy atom. The molecule has 0 atom stereocenters.